The molecule has 1 heteroatoms. The number of phenolic OH excluding ortho intramolecular Hbond substituents is 1. The van der Waals surface area contributed by atoms with E-state index >= 15 is 0 Å². The van der Waals surface area contributed by atoms with Crippen LogP contribution in [-0.4, -0.2) is 5.11 Å². The molecule has 0 bridgehead atoms. The van der Waals surface area contributed by atoms with Gasteiger partial charge < -0.3 is 5.11 Å². The number of aryl methyl sites for hydroxylation is 1. The Morgan fingerprint density at radius 3 is 2.18 bits per heavy atom. The third-order valence-electron chi connectivity index (χ3n) is 4.40. The topological polar surface area (TPSA) is 20.2 Å². The Labute approximate surface area is 135 Å². The highest BCUT2D eigenvalue weighted by Gasteiger charge is 2.16. The highest BCUT2D eigenvalue weighted by atomic mass is 16.3. The molecule has 0 spiro atoms. The molecule has 0 saturated carbocycles. The van der Waals surface area contributed by atoms with Crippen molar-refractivity contribution in [3.8, 4) is 16.9 Å². The fourth-order valence-electron chi connectivity index (χ4n) is 3.10. The third-order valence-corrected chi connectivity index (χ3v) is 4.40. The standard InChI is InChI=1S/C21H28O/c1-4-6-11-18-15-20(22)16(3)21(19(18)14-7-5-2)17-12-9-8-10-13-17/h8-10,12-13,15,22H,4-7,11,14H2,1-3H3. The lowest BCUT2D eigenvalue weighted by Crippen LogP contribution is -2.01. The van der Waals surface area contributed by atoms with E-state index in [1.807, 2.05) is 19.1 Å². The maximum absolute atomic E-state index is 10.4. The lowest BCUT2D eigenvalue weighted by atomic mass is 9.86. The van der Waals surface area contributed by atoms with Gasteiger partial charge in [0.25, 0.3) is 0 Å². The summed E-state index contributed by atoms with van der Waals surface area (Å²) < 4.78 is 0. The molecule has 0 aromatic heterocycles. The van der Waals surface area contributed by atoms with Gasteiger partial charge in [-0.15, -0.1) is 0 Å². The zero-order valence-corrected chi connectivity index (χ0v) is 14.2. The van der Waals surface area contributed by atoms with Gasteiger partial charge in [-0.05, 0) is 66.5 Å². The molecule has 2 aromatic carbocycles. The van der Waals surface area contributed by atoms with E-state index < -0.39 is 0 Å². The number of hydrogen-bond donors (Lipinski definition) is 1. The summed E-state index contributed by atoms with van der Waals surface area (Å²) >= 11 is 0. The molecule has 1 nitrogen and oxygen atoms in total. The van der Waals surface area contributed by atoms with Gasteiger partial charge >= 0.3 is 0 Å². The summed E-state index contributed by atoms with van der Waals surface area (Å²) in [7, 11) is 0. The Balaban J connectivity index is 2.58. The average molecular weight is 296 g/mol. The van der Waals surface area contributed by atoms with Gasteiger partial charge in [-0.3, -0.25) is 0 Å². The normalized spacial score (nSPS) is 10.9. The fourth-order valence-corrected chi connectivity index (χ4v) is 3.10. The lowest BCUT2D eigenvalue weighted by Gasteiger charge is -2.19. The molecule has 2 rings (SSSR count). The van der Waals surface area contributed by atoms with E-state index in [0.717, 1.165) is 18.4 Å². The smallest absolute Gasteiger partial charge is 0.119 e. The van der Waals surface area contributed by atoms with E-state index in [1.165, 1.54) is 47.9 Å². The number of aromatic hydroxyl groups is 1. The minimum absolute atomic E-state index is 0.435. The van der Waals surface area contributed by atoms with Gasteiger partial charge in [-0.25, -0.2) is 0 Å². The zero-order chi connectivity index (χ0) is 15.9. The molecule has 0 atom stereocenters. The Kier molecular flexibility index (Phi) is 6.06. The largest absolute Gasteiger partial charge is 0.508 e. The molecule has 0 fully saturated rings. The second-order valence-electron chi connectivity index (χ2n) is 6.11. The molecule has 0 aliphatic carbocycles. The number of benzene rings is 2. The molecule has 0 aliphatic heterocycles. The Morgan fingerprint density at radius 1 is 0.909 bits per heavy atom. The van der Waals surface area contributed by atoms with Crippen LogP contribution in [0.15, 0.2) is 36.4 Å². The van der Waals surface area contributed by atoms with Crippen LogP contribution >= 0.6 is 0 Å². The van der Waals surface area contributed by atoms with E-state index in [9.17, 15) is 5.11 Å². The van der Waals surface area contributed by atoms with Gasteiger partial charge in [-0.2, -0.15) is 0 Å². The first-order valence-corrected chi connectivity index (χ1v) is 8.58. The van der Waals surface area contributed by atoms with Crippen molar-refractivity contribution in [3.05, 3.63) is 53.1 Å². The van der Waals surface area contributed by atoms with E-state index in [-0.39, 0.29) is 0 Å². The maximum Gasteiger partial charge on any atom is 0.119 e. The summed E-state index contributed by atoms with van der Waals surface area (Å²) in [4.78, 5) is 0. The summed E-state index contributed by atoms with van der Waals surface area (Å²) in [5, 5.41) is 10.4. The summed E-state index contributed by atoms with van der Waals surface area (Å²) in [6.07, 6.45) is 6.91. The van der Waals surface area contributed by atoms with Crippen molar-refractivity contribution in [1.82, 2.24) is 0 Å². The maximum atomic E-state index is 10.4. The van der Waals surface area contributed by atoms with Crippen molar-refractivity contribution in [1.29, 1.82) is 0 Å². The zero-order valence-electron chi connectivity index (χ0n) is 14.2. The molecule has 0 aliphatic rings. The van der Waals surface area contributed by atoms with E-state index in [1.54, 1.807) is 0 Å². The van der Waals surface area contributed by atoms with Crippen LogP contribution in [0.5, 0.6) is 5.75 Å². The molecule has 0 unspecified atom stereocenters. The van der Waals surface area contributed by atoms with Crippen LogP contribution in [0.1, 0.15) is 56.2 Å². The molecule has 2 aromatic rings. The van der Waals surface area contributed by atoms with Crippen molar-refractivity contribution in [2.45, 2.75) is 59.3 Å². The molecule has 1 N–H and O–H groups in total. The molecule has 0 heterocycles. The van der Waals surface area contributed by atoms with Gasteiger partial charge in [0.05, 0.1) is 0 Å². The van der Waals surface area contributed by atoms with Gasteiger partial charge in [0, 0.05) is 0 Å². The van der Waals surface area contributed by atoms with Crippen LogP contribution in [0.2, 0.25) is 0 Å². The highest BCUT2D eigenvalue weighted by Crippen LogP contribution is 2.37. The molecule has 22 heavy (non-hydrogen) atoms. The van der Waals surface area contributed by atoms with Crippen molar-refractivity contribution in [2.75, 3.05) is 0 Å². The predicted molar refractivity (Wildman–Crippen MR) is 95.5 cm³/mol. The van der Waals surface area contributed by atoms with Crippen molar-refractivity contribution >= 4 is 0 Å². The van der Waals surface area contributed by atoms with Crippen LogP contribution in [-0.2, 0) is 12.8 Å². The molecule has 118 valence electrons. The molecular formula is C21H28O. The number of unbranched alkanes of at least 4 members (excludes halogenated alkanes) is 2. The van der Waals surface area contributed by atoms with Crippen LogP contribution in [0.4, 0.5) is 0 Å². The summed E-state index contributed by atoms with van der Waals surface area (Å²) in [6, 6.07) is 12.5. The van der Waals surface area contributed by atoms with E-state index in [2.05, 4.69) is 38.1 Å². The van der Waals surface area contributed by atoms with Crippen LogP contribution in [0, 0.1) is 6.92 Å². The number of rotatable bonds is 7. The number of hydrogen-bond acceptors (Lipinski definition) is 1. The monoisotopic (exact) mass is 296 g/mol. The molecular weight excluding hydrogens is 268 g/mol. The van der Waals surface area contributed by atoms with Gasteiger partial charge in [0.1, 0.15) is 5.75 Å². The van der Waals surface area contributed by atoms with Crippen LogP contribution < -0.4 is 0 Å². The first kappa shape index (κ1) is 16.6. The van der Waals surface area contributed by atoms with E-state index in [0.29, 0.717) is 5.75 Å². The Hall–Kier alpha value is -1.76. The quantitative estimate of drug-likeness (QED) is 0.659. The van der Waals surface area contributed by atoms with Gasteiger partial charge in [-0.1, -0.05) is 57.0 Å². The van der Waals surface area contributed by atoms with Crippen LogP contribution in [0.25, 0.3) is 11.1 Å². The average Bonchev–Trinajstić information content (AvgIpc) is 2.55. The molecule has 0 amide bonds. The molecule has 0 saturated heterocycles. The van der Waals surface area contributed by atoms with Gasteiger partial charge in [0.2, 0.25) is 0 Å². The van der Waals surface area contributed by atoms with Crippen LogP contribution in [0.3, 0.4) is 0 Å². The summed E-state index contributed by atoms with van der Waals surface area (Å²) in [6.45, 7) is 6.50. The summed E-state index contributed by atoms with van der Waals surface area (Å²) in [5.41, 5.74) is 6.26. The predicted octanol–water partition coefficient (Wildman–Crippen LogP) is 6.05. The van der Waals surface area contributed by atoms with Crippen molar-refractivity contribution in [3.63, 3.8) is 0 Å². The summed E-state index contributed by atoms with van der Waals surface area (Å²) in [5.74, 6) is 0.435. The second-order valence-corrected chi connectivity index (χ2v) is 6.11. The fraction of sp³-hybridized carbons (Fsp3) is 0.429. The van der Waals surface area contributed by atoms with E-state index in [4.69, 9.17) is 0 Å². The Bertz CT molecular complexity index is 599. The van der Waals surface area contributed by atoms with Crippen molar-refractivity contribution in [2.24, 2.45) is 0 Å². The highest BCUT2D eigenvalue weighted by molar-refractivity contribution is 5.75. The second kappa shape index (κ2) is 8.03. The van der Waals surface area contributed by atoms with Crippen molar-refractivity contribution < 1.29 is 5.11 Å². The number of phenols is 1. The van der Waals surface area contributed by atoms with Gasteiger partial charge in [0.15, 0.2) is 0 Å². The SMILES string of the molecule is CCCCc1cc(O)c(C)c(-c2ccccc2)c1CCCC. The molecule has 0 radical (unpaired) electrons. The minimum Gasteiger partial charge on any atom is -0.508 e. The third kappa shape index (κ3) is 3.71. The minimum atomic E-state index is 0.435. The first-order valence-electron chi connectivity index (χ1n) is 8.58. The lowest BCUT2D eigenvalue weighted by molar-refractivity contribution is 0.470. The first-order chi connectivity index (χ1) is 10.7. The Morgan fingerprint density at radius 2 is 1.55 bits per heavy atom.